The van der Waals surface area contributed by atoms with Crippen LogP contribution in [0, 0.1) is 0 Å². The summed E-state index contributed by atoms with van der Waals surface area (Å²) in [4.78, 5) is 25.4. The van der Waals surface area contributed by atoms with Crippen LogP contribution in [0.25, 0.3) is 0 Å². The van der Waals surface area contributed by atoms with Crippen molar-refractivity contribution in [1.29, 1.82) is 0 Å². The van der Waals surface area contributed by atoms with Crippen LogP contribution in [0.2, 0.25) is 0 Å². The van der Waals surface area contributed by atoms with Gasteiger partial charge in [0.15, 0.2) is 0 Å². The van der Waals surface area contributed by atoms with E-state index in [-0.39, 0.29) is 24.6 Å². The van der Waals surface area contributed by atoms with E-state index in [0.717, 1.165) is 0 Å². The zero-order valence-corrected chi connectivity index (χ0v) is 7.19. The smallest absolute Gasteiger partial charge is 0.337 e. The lowest BCUT2D eigenvalue weighted by Gasteiger charge is -2.14. The number of aromatic carboxylic acids is 1. The number of carbonyl (C=O) groups is 2. The number of carboxylic acid groups (broad SMARTS) is 1. The summed E-state index contributed by atoms with van der Waals surface area (Å²) in [6, 6.07) is 1.46. The van der Waals surface area contributed by atoms with Crippen LogP contribution in [-0.2, 0) is 22.6 Å². The molecule has 0 amide bonds. The zero-order valence-electron chi connectivity index (χ0n) is 7.19. The number of ether oxygens (including phenoxy) is 1. The van der Waals surface area contributed by atoms with Gasteiger partial charge < -0.3 is 9.84 Å². The molecule has 1 aliphatic rings. The maximum atomic E-state index is 10.9. The first-order valence-corrected chi connectivity index (χ1v) is 4.03. The molecular formula is C9H7NO4. The number of cyclic esters (lactones) is 1. The lowest BCUT2D eigenvalue weighted by molar-refractivity contribution is -0.145. The average molecular weight is 193 g/mol. The second kappa shape index (κ2) is 3.10. The minimum atomic E-state index is -1.04. The fourth-order valence-electron chi connectivity index (χ4n) is 1.29. The number of aromatic nitrogens is 1. The van der Waals surface area contributed by atoms with Crippen LogP contribution in [0.4, 0.5) is 0 Å². The molecule has 0 radical (unpaired) electrons. The third-order valence-corrected chi connectivity index (χ3v) is 2.01. The molecule has 1 aromatic heterocycles. The molecule has 0 atom stereocenters. The van der Waals surface area contributed by atoms with Crippen molar-refractivity contribution in [1.82, 2.24) is 4.98 Å². The Balaban J connectivity index is 2.42. The molecule has 0 spiro atoms. The first-order chi connectivity index (χ1) is 6.66. The molecule has 0 unspecified atom stereocenters. The standard InChI is InChI=1S/C9H7NO4/c11-8-2-5-1-6(9(12)13)3-10-7(5)4-14-8/h1,3H,2,4H2,(H,12,13). The Kier molecular flexibility index (Phi) is 1.92. The second-order valence-corrected chi connectivity index (χ2v) is 2.97. The number of rotatable bonds is 1. The summed E-state index contributed by atoms with van der Waals surface area (Å²) in [5, 5.41) is 8.70. The number of carboxylic acids is 1. The normalized spacial score (nSPS) is 14.4. The van der Waals surface area contributed by atoms with Crippen LogP contribution in [-0.4, -0.2) is 22.0 Å². The van der Waals surface area contributed by atoms with Gasteiger partial charge in [-0.15, -0.1) is 0 Å². The van der Waals surface area contributed by atoms with Gasteiger partial charge in [0.25, 0.3) is 0 Å². The van der Waals surface area contributed by atoms with E-state index in [2.05, 4.69) is 4.98 Å². The van der Waals surface area contributed by atoms with Gasteiger partial charge in [0, 0.05) is 6.20 Å². The van der Waals surface area contributed by atoms with Crippen molar-refractivity contribution in [3.8, 4) is 0 Å². The summed E-state index contributed by atoms with van der Waals surface area (Å²) < 4.78 is 4.76. The number of hydrogen-bond acceptors (Lipinski definition) is 4. The van der Waals surface area contributed by atoms with Gasteiger partial charge in [0.1, 0.15) is 6.61 Å². The number of fused-ring (bicyclic) bond motifs is 1. The molecule has 2 heterocycles. The lowest BCUT2D eigenvalue weighted by Crippen LogP contribution is -2.18. The van der Waals surface area contributed by atoms with E-state index in [9.17, 15) is 9.59 Å². The minimum Gasteiger partial charge on any atom is -0.478 e. The predicted molar refractivity (Wildman–Crippen MR) is 44.7 cm³/mol. The summed E-state index contributed by atoms with van der Waals surface area (Å²) in [6.07, 6.45) is 1.36. The molecule has 0 aliphatic carbocycles. The largest absolute Gasteiger partial charge is 0.478 e. The Morgan fingerprint density at radius 3 is 3.07 bits per heavy atom. The molecule has 5 heteroatoms. The van der Waals surface area contributed by atoms with Gasteiger partial charge in [0.05, 0.1) is 17.7 Å². The van der Waals surface area contributed by atoms with E-state index < -0.39 is 5.97 Å². The Hall–Kier alpha value is -1.91. The van der Waals surface area contributed by atoms with E-state index >= 15 is 0 Å². The molecule has 0 saturated heterocycles. The number of esters is 1. The van der Waals surface area contributed by atoms with Crippen molar-refractivity contribution in [3.05, 3.63) is 29.1 Å². The first kappa shape index (κ1) is 8.68. The van der Waals surface area contributed by atoms with Gasteiger partial charge in [-0.1, -0.05) is 0 Å². The van der Waals surface area contributed by atoms with Gasteiger partial charge >= 0.3 is 11.9 Å². The number of nitrogens with zero attached hydrogens (tertiary/aromatic N) is 1. The first-order valence-electron chi connectivity index (χ1n) is 4.03. The fourth-order valence-corrected chi connectivity index (χ4v) is 1.29. The van der Waals surface area contributed by atoms with E-state index in [4.69, 9.17) is 9.84 Å². The van der Waals surface area contributed by atoms with E-state index in [1.54, 1.807) is 0 Å². The monoisotopic (exact) mass is 193 g/mol. The Bertz CT molecular complexity index is 413. The van der Waals surface area contributed by atoms with Crippen molar-refractivity contribution in [2.24, 2.45) is 0 Å². The molecule has 1 aliphatic heterocycles. The third kappa shape index (κ3) is 1.44. The highest BCUT2D eigenvalue weighted by molar-refractivity contribution is 5.88. The molecule has 14 heavy (non-hydrogen) atoms. The van der Waals surface area contributed by atoms with Gasteiger partial charge in [-0.05, 0) is 11.6 Å². The highest BCUT2D eigenvalue weighted by Crippen LogP contribution is 2.16. The van der Waals surface area contributed by atoms with Crippen molar-refractivity contribution in [2.75, 3.05) is 0 Å². The predicted octanol–water partition coefficient (Wildman–Crippen LogP) is 0.379. The molecule has 0 bridgehead atoms. The van der Waals surface area contributed by atoms with Gasteiger partial charge in [-0.3, -0.25) is 9.78 Å². The molecule has 72 valence electrons. The number of carbonyl (C=O) groups excluding carboxylic acids is 1. The molecule has 0 saturated carbocycles. The van der Waals surface area contributed by atoms with Crippen molar-refractivity contribution in [2.45, 2.75) is 13.0 Å². The fraction of sp³-hybridized carbons (Fsp3) is 0.222. The van der Waals surface area contributed by atoms with Crippen molar-refractivity contribution >= 4 is 11.9 Å². The van der Waals surface area contributed by atoms with E-state index in [0.29, 0.717) is 11.3 Å². The Morgan fingerprint density at radius 2 is 2.36 bits per heavy atom. The highest BCUT2D eigenvalue weighted by atomic mass is 16.5. The SMILES string of the molecule is O=C1Cc2cc(C(=O)O)cnc2CO1. The van der Waals surface area contributed by atoms with Gasteiger partial charge in [-0.25, -0.2) is 4.79 Å². The molecule has 1 N–H and O–H groups in total. The van der Waals surface area contributed by atoms with Crippen LogP contribution in [0.3, 0.4) is 0 Å². The van der Waals surface area contributed by atoms with Crippen LogP contribution in [0.5, 0.6) is 0 Å². The van der Waals surface area contributed by atoms with Gasteiger partial charge in [-0.2, -0.15) is 0 Å². The molecule has 0 aromatic carbocycles. The molecular weight excluding hydrogens is 186 g/mol. The van der Waals surface area contributed by atoms with Crippen LogP contribution < -0.4 is 0 Å². The van der Waals surface area contributed by atoms with Crippen LogP contribution >= 0.6 is 0 Å². The quantitative estimate of drug-likeness (QED) is 0.652. The molecule has 5 nitrogen and oxygen atoms in total. The van der Waals surface area contributed by atoms with E-state index in [1.165, 1.54) is 12.3 Å². The summed E-state index contributed by atoms with van der Waals surface area (Å²) >= 11 is 0. The third-order valence-electron chi connectivity index (χ3n) is 2.01. The Morgan fingerprint density at radius 1 is 1.57 bits per heavy atom. The second-order valence-electron chi connectivity index (χ2n) is 2.97. The average Bonchev–Trinajstić information content (AvgIpc) is 2.16. The zero-order chi connectivity index (χ0) is 10.1. The maximum absolute atomic E-state index is 10.9. The molecule has 1 aromatic rings. The van der Waals surface area contributed by atoms with Crippen molar-refractivity contribution < 1.29 is 19.4 Å². The number of pyridine rings is 1. The summed E-state index contributed by atoms with van der Waals surface area (Å²) in [5.41, 5.74) is 1.37. The topological polar surface area (TPSA) is 76.5 Å². The lowest BCUT2D eigenvalue weighted by atomic mass is 10.1. The highest BCUT2D eigenvalue weighted by Gasteiger charge is 2.19. The Labute approximate surface area is 79.3 Å². The molecule has 0 fully saturated rings. The van der Waals surface area contributed by atoms with E-state index in [1.807, 2.05) is 0 Å². The summed E-state index contributed by atoms with van der Waals surface area (Å²) in [6.45, 7) is 0.133. The van der Waals surface area contributed by atoms with Crippen LogP contribution in [0.15, 0.2) is 12.3 Å². The minimum absolute atomic E-state index is 0.0958. The number of hydrogen-bond donors (Lipinski definition) is 1. The maximum Gasteiger partial charge on any atom is 0.337 e. The van der Waals surface area contributed by atoms with Crippen LogP contribution in [0.1, 0.15) is 21.6 Å². The summed E-state index contributed by atoms with van der Waals surface area (Å²) in [5.74, 6) is -1.39. The summed E-state index contributed by atoms with van der Waals surface area (Å²) in [7, 11) is 0. The van der Waals surface area contributed by atoms with Gasteiger partial charge in [0.2, 0.25) is 0 Å². The van der Waals surface area contributed by atoms with Crippen molar-refractivity contribution in [3.63, 3.8) is 0 Å². The molecule has 2 rings (SSSR count).